The van der Waals surface area contributed by atoms with Crippen LogP contribution >= 0.6 is 0 Å². The summed E-state index contributed by atoms with van der Waals surface area (Å²) in [5.41, 5.74) is -1.61. The topological polar surface area (TPSA) is 49.0 Å². The second-order valence-corrected chi connectivity index (χ2v) is 11.0. The largest absolute Gasteiger partial charge is 0.497 e. The molecule has 4 rings (SSSR count). The van der Waals surface area contributed by atoms with Crippen LogP contribution in [0, 0.1) is 0 Å². The van der Waals surface area contributed by atoms with Crippen LogP contribution < -0.4 is 14.8 Å². The number of halogens is 6. The molecule has 1 heterocycles. The third-order valence-electron chi connectivity index (χ3n) is 7.18. The summed E-state index contributed by atoms with van der Waals surface area (Å²) >= 11 is 0. The van der Waals surface area contributed by atoms with E-state index in [2.05, 4.69) is 5.32 Å². The van der Waals surface area contributed by atoms with Crippen molar-refractivity contribution in [3.63, 3.8) is 0 Å². The highest BCUT2D eigenvalue weighted by molar-refractivity contribution is 5.54. The average molecular weight is 612 g/mol. The molecule has 2 unspecified atom stereocenters. The minimum atomic E-state index is -4.96. The minimum Gasteiger partial charge on any atom is -0.497 e. The second kappa shape index (κ2) is 13.1. The molecule has 0 saturated carbocycles. The highest BCUT2D eigenvalue weighted by Gasteiger charge is 2.46. The van der Waals surface area contributed by atoms with Gasteiger partial charge >= 0.3 is 12.4 Å². The van der Waals surface area contributed by atoms with Crippen molar-refractivity contribution in [2.45, 2.75) is 76.9 Å². The lowest BCUT2D eigenvalue weighted by Gasteiger charge is -2.44. The molecule has 11 heteroatoms. The maximum Gasteiger partial charge on any atom is 0.416 e. The highest BCUT2D eigenvalue weighted by Crippen LogP contribution is 2.45. The van der Waals surface area contributed by atoms with Gasteiger partial charge in [-0.1, -0.05) is 25.5 Å². The molecule has 3 aromatic carbocycles. The smallest absolute Gasteiger partial charge is 0.416 e. The first-order valence-corrected chi connectivity index (χ1v) is 13.9. The van der Waals surface area contributed by atoms with Crippen LogP contribution in [0.1, 0.15) is 67.5 Å². The zero-order valence-electron chi connectivity index (χ0n) is 24.4. The Kier molecular flexibility index (Phi) is 9.86. The van der Waals surface area contributed by atoms with E-state index in [-0.39, 0.29) is 11.6 Å². The van der Waals surface area contributed by atoms with E-state index in [0.717, 1.165) is 29.8 Å². The summed E-state index contributed by atoms with van der Waals surface area (Å²) in [5.74, 6) is 1.30. The summed E-state index contributed by atoms with van der Waals surface area (Å²) in [7, 11) is 1.60. The zero-order chi connectivity index (χ0) is 31.4. The zero-order valence-corrected chi connectivity index (χ0v) is 24.4. The molecule has 0 bridgehead atoms. The first-order valence-electron chi connectivity index (χ1n) is 13.9. The molecule has 1 N–H and O–H groups in total. The van der Waals surface area contributed by atoms with Gasteiger partial charge < -0.3 is 24.3 Å². The van der Waals surface area contributed by atoms with Crippen LogP contribution in [0.2, 0.25) is 0 Å². The monoisotopic (exact) mass is 611 g/mol. The molecule has 3 aromatic rings. The van der Waals surface area contributed by atoms with Gasteiger partial charge in [0.1, 0.15) is 29.3 Å². The van der Waals surface area contributed by atoms with Gasteiger partial charge in [-0.05, 0) is 79.9 Å². The van der Waals surface area contributed by atoms with Crippen molar-refractivity contribution < 1.29 is 45.3 Å². The maximum atomic E-state index is 13.4. The summed E-state index contributed by atoms with van der Waals surface area (Å²) in [5, 5.41) is 3.36. The molecule has 0 amide bonds. The Balaban J connectivity index is 1.61. The molecular formula is C32H35F6NO4. The highest BCUT2D eigenvalue weighted by atomic mass is 19.4. The van der Waals surface area contributed by atoms with E-state index in [4.69, 9.17) is 18.9 Å². The minimum absolute atomic E-state index is 0.102. The van der Waals surface area contributed by atoms with Crippen LogP contribution in [0.3, 0.4) is 0 Å². The number of ether oxygens (including phenoxy) is 4. The lowest BCUT2D eigenvalue weighted by Crippen LogP contribution is -2.51. The molecule has 0 saturated heterocycles. The van der Waals surface area contributed by atoms with Crippen molar-refractivity contribution >= 4 is 5.69 Å². The van der Waals surface area contributed by atoms with Crippen LogP contribution in [0.15, 0.2) is 60.7 Å². The Morgan fingerprint density at radius 3 is 2.07 bits per heavy atom. The lowest BCUT2D eigenvalue weighted by atomic mass is 9.87. The summed E-state index contributed by atoms with van der Waals surface area (Å²) in [6.45, 7) is 5.89. The van der Waals surface area contributed by atoms with Crippen molar-refractivity contribution in [3.8, 4) is 11.5 Å². The Hall–Kier alpha value is -3.44. The summed E-state index contributed by atoms with van der Waals surface area (Å²) in [4.78, 5) is 0. The number of hydrogen-bond donors (Lipinski definition) is 1. The molecule has 0 aromatic heterocycles. The van der Waals surface area contributed by atoms with E-state index in [1.54, 1.807) is 21.0 Å². The first-order chi connectivity index (χ1) is 20.2. The molecule has 234 valence electrons. The van der Waals surface area contributed by atoms with Crippen LogP contribution in [-0.4, -0.2) is 25.4 Å². The van der Waals surface area contributed by atoms with Crippen LogP contribution in [-0.2, 0) is 35.0 Å². The van der Waals surface area contributed by atoms with Crippen molar-refractivity contribution in [1.29, 1.82) is 0 Å². The summed E-state index contributed by atoms with van der Waals surface area (Å²) in [6.07, 6.45) is -9.85. The second-order valence-electron chi connectivity index (χ2n) is 11.0. The fraction of sp³-hybridized carbons (Fsp3) is 0.438. The van der Waals surface area contributed by atoms with Crippen molar-refractivity contribution in [2.75, 3.05) is 19.0 Å². The van der Waals surface area contributed by atoms with Gasteiger partial charge in [-0.25, -0.2) is 0 Å². The number of benzene rings is 3. The van der Waals surface area contributed by atoms with Gasteiger partial charge in [0.2, 0.25) is 0 Å². The molecule has 0 fully saturated rings. The molecular weight excluding hydrogens is 576 g/mol. The molecule has 0 radical (unpaired) electrons. The fourth-order valence-corrected chi connectivity index (χ4v) is 4.90. The predicted octanol–water partition coefficient (Wildman–Crippen LogP) is 8.96. The lowest BCUT2D eigenvalue weighted by molar-refractivity contribution is -0.168. The van der Waals surface area contributed by atoms with E-state index in [1.807, 2.05) is 49.4 Å². The Morgan fingerprint density at radius 2 is 1.49 bits per heavy atom. The van der Waals surface area contributed by atoms with Crippen LogP contribution in [0.25, 0.3) is 0 Å². The van der Waals surface area contributed by atoms with Crippen molar-refractivity contribution in [1.82, 2.24) is 0 Å². The molecule has 0 aliphatic carbocycles. The molecule has 43 heavy (non-hydrogen) atoms. The Labute approximate surface area is 247 Å². The van der Waals surface area contributed by atoms with E-state index in [1.165, 1.54) is 0 Å². The van der Waals surface area contributed by atoms with Gasteiger partial charge in [-0.15, -0.1) is 0 Å². The van der Waals surface area contributed by atoms with E-state index < -0.39 is 47.9 Å². The predicted molar refractivity (Wildman–Crippen MR) is 150 cm³/mol. The first kappa shape index (κ1) is 32.5. The van der Waals surface area contributed by atoms with Crippen molar-refractivity contribution in [2.24, 2.45) is 0 Å². The van der Waals surface area contributed by atoms with Gasteiger partial charge in [-0.3, -0.25) is 0 Å². The van der Waals surface area contributed by atoms with E-state index >= 15 is 0 Å². The SMILES string of the molecule is CCCCOC1c2cc(NCc3ccc(OC)cc3)ccc2OC(C)(C)C1OCc1cc(C(F)(F)F)cc(C(F)(F)F)c1. The number of unbranched alkanes of at least 4 members (excludes halogenated alkanes) is 1. The Morgan fingerprint density at radius 1 is 0.837 bits per heavy atom. The van der Waals surface area contributed by atoms with E-state index in [0.29, 0.717) is 36.6 Å². The standard InChI is InChI=1S/C32H35F6NO4/c1-5-6-13-41-28-26-17-24(39-18-20-7-10-25(40-4)11-8-20)9-12-27(26)43-30(2,3)29(28)42-19-21-14-22(31(33,34)35)16-23(15-21)32(36,37)38/h7-12,14-17,28-29,39H,5-6,13,18-19H2,1-4H3. The van der Waals surface area contributed by atoms with Gasteiger partial charge in [0.15, 0.2) is 0 Å². The molecule has 1 aliphatic heterocycles. The normalized spacial score (nSPS) is 18.1. The van der Waals surface area contributed by atoms with E-state index in [9.17, 15) is 26.3 Å². The Bertz CT molecular complexity index is 1340. The molecule has 1 aliphatic rings. The third kappa shape index (κ3) is 8.14. The maximum absolute atomic E-state index is 13.4. The number of alkyl halides is 6. The van der Waals surface area contributed by atoms with Crippen molar-refractivity contribution in [3.05, 3.63) is 88.5 Å². The molecule has 5 nitrogen and oxygen atoms in total. The number of anilines is 1. The van der Waals surface area contributed by atoms with Gasteiger partial charge in [0, 0.05) is 24.4 Å². The number of methoxy groups -OCH3 is 1. The summed E-state index contributed by atoms with van der Waals surface area (Å²) in [6, 6.07) is 14.6. The quantitative estimate of drug-likeness (QED) is 0.173. The fourth-order valence-electron chi connectivity index (χ4n) is 4.90. The average Bonchev–Trinajstić information content (AvgIpc) is 2.94. The number of nitrogens with one attached hydrogen (secondary N) is 1. The van der Waals surface area contributed by atoms with Gasteiger partial charge in [-0.2, -0.15) is 26.3 Å². The number of fused-ring (bicyclic) bond motifs is 1. The third-order valence-corrected chi connectivity index (χ3v) is 7.18. The number of hydrogen-bond acceptors (Lipinski definition) is 5. The molecule has 2 atom stereocenters. The molecule has 0 spiro atoms. The van der Waals surface area contributed by atoms with Crippen LogP contribution in [0.4, 0.5) is 32.0 Å². The van der Waals surface area contributed by atoms with Gasteiger partial charge in [0.05, 0.1) is 24.8 Å². The number of rotatable bonds is 11. The summed E-state index contributed by atoms with van der Waals surface area (Å²) < 4.78 is 104. The van der Waals surface area contributed by atoms with Crippen LogP contribution in [0.5, 0.6) is 11.5 Å². The van der Waals surface area contributed by atoms with Gasteiger partial charge in [0.25, 0.3) is 0 Å².